The Morgan fingerprint density at radius 2 is 1.96 bits per heavy atom. The summed E-state index contributed by atoms with van der Waals surface area (Å²) < 4.78 is 0. The SMILES string of the molecule is Cc1cccc(CNc2cnc(C(=O)Nc3ccccc3C#N)cn2)c1. The third-order valence-electron chi connectivity index (χ3n) is 3.74. The van der Waals surface area contributed by atoms with Gasteiger partial charge in [0.15, 0.2) is 0 Å². The Morgan fingerprint density at radius 3 is 2.69 bits per heavy atom. The Labute approximate surface area is 151 Å². The van der Waals surface area contributed by atoms with Crippen molar-refractivity contribution in [1.82, 2.24) is 9.97 Å². The van der Waals surface area contributed by atoms with Crippen LogP contribution in [0.15, 0.2) is 60.9 Å². The molecule has 6 nitrogen and oxygen atoms in total. The van der Waals surface area contributed by atoms with Gasteiger partial charge in [0, 0.05) is 6.54 Å². The molecule has 0 saturated carbocycles. The van der Waals surface area contributed by atoms with Crippen molar-refractivity contribution in [3.05, 3.63) is 83.3 Å². The fourth-order valence-corrected chi connectivity index (χ4v) is 2.43. The predicted octanol–water partition coefficient (Wildman–Crippen LogP) is 3.52. The highest BCUT2D eigenvalue weighted by atomic mass is 16.1. The molecule has 1 heterocycles. The number of carbonyl (C=O) groups is 1. The number of nitriles is 1. The summed E-state index contributed by atoms with van der Waals surface area (Å²) in [5, 5.41) is 14.9. The van der Waals surface area contributed by atoms with E-state index in [1.807, 2.05) is 31.2 Å². The molecule has 6 heteroatoms. The number of hydrogen-bond acceptors (Lipinski definition) is 5. The zero-order valence-corrected chi connectivity index (χ0v) is 14.2. The second kappa shape index (κ2) is 7.90. The molecule has 0 aliphatic heterocycles. The highest BCUT2D eigenvalue weighted by molar-refractivity contribution is 6.03. The zero-order chi connectivity index (χ0) is 18.4. The number of amides is 1. The second-order valence-electron chi connectivity index (χ2n) is 5.74. The molecule has 3 rings (SSSR count). The van der Waals surface area contributed by atoms with Gasteiger partial charge in [0.2, 0.25) is 0 Å². The van der Waals surface area contributed by atoms with Gasteiger partial charge in [0.1, 0.15) is 17.6 Å². The Kier molecular flexibility index (Phi) is 5.20. The normalized spacial score (nSPS) is 10.0. The van der Waals surface area contributed by atoms with Crippen LogP contribution in [0.1, 0.15) is 27.2 Å². The quantitative estimate of drug-likeness (QED) is 0.739. The standard InChI is InChI=1S/C20H17N5O/c1-14-5-4-6-15(9-14)11-23-19-13-22-18(12-24-19)20(26)25-17-8-3-2-7-16(17)10-21/h2-9,12-13H,11H2,1H3,(H,23,24)(H,25,26). The van der Waals surface area contributed by atoms with E-state index in [4.69, 9.17) is 5.26 Å². The van der Waals surface area contributed by atoms with Gasteiger partial charge in [-0.2, -0.15) is 5.26 Å². The van der Waals surface area contributed by atoms with E-state index < -0.39 is 5.91 Å². The number of aryl methyl sites for hydroxylation is 1. The van der Waals surface area contributed by atoms with Crippen molar-refractivity contribution < 1.29 is 4.79 Å². The fourth-order valence-electron chi connectivity index (χ4n) is 2.43. The highest BCUT2D eigenvalue weighted by Crippen LogP contribution is 2.14. The molecule has 0 radical (unpaired) electrons. The maximum absolute atomic E-state index is 12.3. The Hall–Kier alpha value is -3.72. The summed E-state index contributed by atoms with van der Waals surface area (Å²) >= 11 is 0. The molecule has 128 valence electrons. The molecule has 2 aromatic carbocycles. The molecule has 1 amide bonds. The van der Waals surface area contributed by atoms with Crippen LogP contribution in [-0.2, 0) is 6.54 Å². The minimum atomic E-state index is -0.412. The summed E-state index contributed by atoms with van der Waals surface area (Å²) in [6, 6.07) is 17.0. The minimum absolute atomic E-state index is 0.179. The van der Waals surface area contributed by atoms with Gasteiger partial charge in [-0.25, -0.2) is 9.97 Å². The van der Waals surface area contributed by atoms with Crippen LogP contribution in [0, 0.1) is 18.3 Å². The maximum atomic E-state index is 12.3. The molecule has 0 aliphatic rings. The van der Waals surface area contributed by atoms with Crippen LogP contribution < -0.4 is 10.6 Å². The van der Waals surface area contributed by atoms with Crippen molar-refractivity contribution >= 4 is 17.4 Å². The summed E-state index contributed by atoms with van der Waals surface area (Å²) in [5.41, 5.74) is 3.36. The van der Waals surface area contributed by atoms with Crippen LogP contribution in [0.25, 0.3) is 0 Å². The summed E-state index contributed by atoms with van der Waals surface area (Å²) in [6.07, 6.45) is 2.92. The number of benzene rings is 2. The number of carbonyl (C=O) groups excluding carboxylic acids is 1. The van der Waals surface area contributed by atoms with Gasteiger partial charge in [0.25, 0.3) is 5.91 Å². The molecule has 0 atom stereocenters. The topological polar surface area (TPSA) is 90.7 Å². The summed E-state index contributed by atoms with van der Waals surface area (Å²) in [7, 11) is 0. The molecule has 0 aliphatic carbocycles. The van der Waals surface area contributed by atoms with Crippen molar-refractivity contribution in [3.63, 3.8) is 0 Å². The lowest BCUT2D eigenvalue weighted by Crippen LogP contribution is -2.15. The van der Waals surface area contributed by atoms with Gasteiger partial charge in [-0.3, -0.25) is 4.79 Å². The van der Waals surface area contributed by atoms with Crippen molar-refractivity contribution in [1.29, 1.82) is 5.26 Å². The van der Waals surface area contributed by atoms with Crippen LogP contribution >= 0.6 is 0 Å². The van der Waals surface area contributed by atoms with E-state index in [0.717, 1.165) is 5.56 Å². The van der Waals surface area contributed by atoms with E-state index in [9.17, 15) is 4.79 Å². The number of rotatable bonds is 5. The van der Waals surface area contributed by atoms with Crippen LogP contribution in [0.4, 0.5) is 11.5 Å². The number of anilines is 2. The molecule has 1 aromatic heterocycles. The average Bonchev–Trinajstić information content (AvgIpc) is 2.67. The lowest BCUT2D eigenvalue weighted by atomic mass is 10.1. The fraction of sp³-hybridized carbons (Fsp3) is 0.100. The van der Waals surface area contributed by atoms with Gasteiger partial charge < -0.3 is 10.6 Å². The number of nitrogens with zero attached hydrogens (tertiary/aromatic N) is 3. The Bertz CT molecular complexity index is 960. The lowest BCUT2D eigenvalue weighted by molar-refractivity contribution is 0.102. The first-order valence-corrected chi connectivity index (χ1v) is 8.07. The van der Waals surface area contributed by atoms with Crippen molar-refractivity contribution in [2.45, 2.75) is 13.5 Å². The number of nitrogens with one attached hydrogen (secondary N) is 2. The van der Waals surface area contributed by atoms with E-state index >= 15 is 0 Å². The lowest BCUT2D eigenvalue weighted by Gasteiger charge is -2.08. The van der Waals surface area contributed by atoms with E-state index in [0.29, 0.717) is 23.6 Å². The summed E-state index contributed by atoms with van der Waals surface area (Å²) in [6.45, 7) is 2.67. The van der Waals surface area contributed by atoms with E-state index in [1.165, 1.54) is 18.0 Å². The van der Waals surface area contributed by atoms with Crippen LogP contribution in [-0.4, -0.2) is 15.9 Å². The molecular weight excluding hydrogens is 326 g/mol. The Balaban J connectivity index is 1.63. The second-order valence-corrected chi connectivity index (χ2v) is 5.74. The zero-order valence-electron chi connectivity index (χ0n) is 14.2. The molecule has 0 fully saturated rings. The first-order valence-electron chi connectivity index (χ1n) is 8.07. The first-order chi connectivity index (χ1) is 12.7. The molecule has 0 spiro atoms. The van der Waals surface area contributed by atoms with Crippen molar-refractivity contribution in [3.8, 4) is 6.07 Å². The smallest absolute Gasteiger partial charge is 0.275 e. The van der Waals surface area contributed by atoms with Crippen LogP contribution in [0.3, 0.4) is 0 Å². The third-order valence-corrected chi connectivity index (χ3v) is 3.74. The molecule has 3 aromatic rings. The van der Waals surface area contributed by atoms with Crippen LogP contribution in [0.5, 0.6) is 0 Å². The average molecular weight is 343 g/mol. The first kappa shape index (κ1) is 17.1. The van der Waals surface area contributed by atoms with Crippen LogP contribution in [0.2, 0.25) is 0 Å². The molecule has 26 heavy (non-hydrogen) atoms. The molecule has 0 unspecified atom stereocenters. The molecule has 0 bridgehead atoms. The number of aromatic nitrogens is 2. The van der Waals surface area contributed by atoms with Gasteiger partial charge in [-0.05, 0) is 24.6 Å². The van der Waals surface area contributed by atoms with Crippen molar-refractivity contribution in [2.24, 2.45) is 0 Å². The predicted molar refractivity (Wildman–Crippen MR) is 99.6 cm³/mol. The molecule has 0 saturated heterocycles. The summed E-state index contributed by atoms with van der Waals surface area (Å²) in [5.74, 6) is 0.172. The van der Waals surface area contributed by atoms with Gasteiger partial charge in [0.05, 0.1) is 23.6 Å². The minimum Gasteiger partial charge on any atom is -0.365 e. The van der Waals surface area contributed by atoms with Crippen molar-refractivity contribution in [2.75, 3.05) is 10.6 Å². The van der Waals surface area contributed by atoms with Gasteiger partial charge >= 0.3 is 0 Å². The third kappa shape index (κ3) is 4.22. The van der Waals surface area contributed by atoms with E-state index in [2.05, 4.69) is 26.7 Å². The van der Waals surface area contributed by atoms with E-state index in [1.54, 1.807) is 24.3 Å². The number of hydrogen-bond donors (Lipinski definition) is 2. The Morgan fingerprint density at radius 1 is 1.12 bits per heavy atom. The maximum Gasteiger partial charge on any atom is 0.275 e. The van der Waals surface area contributed by atoms with E-state index in [-0.39, 0.29) is 5.69 Å². The highest BCUT2D eigenvalue weighted by Gasteiger charge is 2.10. The summed E-state index contributed by atoms with van der Waals surface area (Å²) in [4.78, 5) is 20.6. The monoisotopic (exact) mass is 343 g/mol. The number of para-hydroxylation sites is 1. The largest absolute Gasteiger partial charge is 0.365 e. The van der Waals surface area contributed by atoms with Gasteiger partial charge in [-0.15, -0.1) is 0 Å². The molecular formula is C20H17N5O. The molecule has 2 N–H and O–H groups in total. The van der Waals surface area contributed by atoms with Gasteiger partial charge in [-0.1, -0.05) is 42.0 Å².